The summed E-state index contributed by atoms with van der Waals surface area (Å²) in [5, 5.41) is 14.2. The van der Waals surface area contributed by atoms with E-state index in [2.05, 4.69) is 5.32 Å². The molecule has 0 saturated carbocycles. The van der Waals surface area contributed by atoms with Crippen molar-refractivity contribution in [2.45, 2.75) is 44.2 Å². The van der Waals surface area contributed by atoms with Crippen LogP contribution in [0.25, 0.3) is 0 Å². The van der Waals surface area contributed by atoms with E-state index in [1.807, 2.05) is 68.4 Å². The Labute approximate surface area is 263 Å². The van der Waals surface area contributed by atoms with Crippen LogP contribution in [-0.4, -0.2) is 49.2 Å². The molecule has 0 heterocycles. The number of carbonyl (C=O) groups is 2. The lowest BCUT2D eigenvalue weighted by molar-refractivity contribution is -0.384. The largest absolute Gasteiger partial charge is 0.354 e. The first-order chi connectivity index (χ1) is 21.6. The number of anilines is 1. The number of nitrogens with one attached hydrogen (secondary N) is 1. The Kier molecular flexibility index (Phi) is 11.0. The average molecular weight is 629 g/mol. The summed E-state index contributed by atoms with van der Waals surface area (Å²) in [7, 11) is -4.30. The molecule has 10 nitrogen and oxygen atoms in total. The lowest BCUT2D eigenvalue weighted by atomic mass is 10.0. The van der Waals surface area contributed by atoms with Crippen molar-refractivity contribution < 1.29 is 22.9 Å². The number of benzene rings is 4. The van der Waals surface area contributed by atoms with Crippen LogP contribution in [0.3, 0.4) is 0 Å². The molecule has 0 fully saturated rings. The standard InChI is InChI=1S/C34H36N4O6S/c1-3-21-35-34(40)32(23-27-12-6-4-7-13-27)36(24-28-14-10-11-26(2)22-28)33(39)25-37(29-17-19-30(20-18-29)38(41)42)45(43,44)31-15-8-5-9-16-31/h4-20,22,32H,3,21,23-25H2,1-2H3,(H,35,40)/t32-/m0/s1. The van der Waals surface area contributed by atoms with Crippen LogP contribution in [0.15, 0.2) is 114 Å². The molecule has 1 atom stereocenters. The molecule has 234 valence electrons. The molecule has 0 radical (unpaired) electrons. The van der Waals surface area contributed by atoms with Crippen LogP contribution in [-0.2, 0) is 32.6 Å². The van der Waals surface area contributed by atoms with Crippen LogP contribution in [0.4, 0.5) is 11.4 Å². The SMILES string of the molecule is CCCNC(=O)[C@H](Cc1ccccc1)N(Cc1cccc(C)c1)C(=O)CN(c1ccc([N+](=O)[O-])cc1)S(=O)(=O)c1ccccc1. The van der Waals surface area contributed by atoms with Gasteiger partial charge in [0.25, 0.3) is 15.7 Å². The van der Waals surface area contributed by atoms with Crippen molar-refractivity contribution >= 4 is 33.2 Å². The molecule has 1 N–H and O–H groups in total. The molecule has 4 aromatic carbocycles. The maximum Gasteiger partial charge on any atom is 0.269 e. The number of hydrogen-bond acceptors (Lipinski definition) is 6. The van der Waals surface area contributed by atoms with Gasteiger partial charge in [0.1, 0.15) is 12.6 Å². The summed E-state index contributed by atoms with van der Waals surface area (Å²) in [5.41, 5.74) is 2.43. The third-order valence-corrected chi connectivity index (χ3v) is 9.00. The Morgan fingerprint density at radius 2 is 1.49 bits per heavy atom. The van der Waals surface area contributed by atoms with Gasteiger partial charge in [-0.25, -0.2) is 8.42 Å². The van der Waals surface area contributed by atoms with Crippen LogP contribution in [0.2, 0.25) is 0 Å². The number of nitro benzene ring substituents is 1. The molecule has 4 aromatic rings. The fraction of sp³-hybridized carbons (Fsp3) is 0.235. The Morgan fingerprint density at radius 1 is 0.867 bits per heavy atom. The van der Waals surface area contributed by atoms with Gasteiger partial charge >= 0.3 is 0 Å². The predicted octanol–water partition coefficient (Wildman–Crippen LogP) is 5.26. The number of hydrogen-bond donors (Lipinski definition) is 1. The predicted molar refractivity (Wildman–Crippen MR) is 173 cm³/mol. The highest BCUT2D eigenvalue weighted by Crippen LogP contribution is 2.27. The molecule has 0 unspecified atom stereocenters. The molecule has 45 heavy (non-hydrogen) atoms. The minimum absolute atomic E-state index is 0.0526. The third-order valence-electron chi connectivity index (χ3n) is 7.21. The molecule has 0 aliphatic heterocycles. The van der Waals surface area contributed by atoms with Gasteiger partial charge in [-0.05, 0) is 48.7 Å². The number of rotatable bonds is 14. The maximum absolute atomic E-state index is 14.4. The van der Waals surface area contributed by atoms with Gasteiger partial charge in [-0.15, -0.1) is 0 Å². The zero-order valence-corrected chi connectivity index (χ0v) is 26.0. The topological polar surface area (TPSA) is 130 Å². The van der Waals surface area contributed by atoms with Gasteiger partial charge in [0, 0.05) is 31.6 Å². The summed E-state index contributed by atoms with van der Waals surface area (Å²) in [6, 6.07) is 28.5. The van der Waals surface area contributed by atoms with Gasteiger partial charge in [-0.2, -0.15) is 0 Å². The lowest BCUT2D eigenvalue weighted by Crippen LogP contribution is -2.53. The van der Waals surface area contributed by atoms with Gasteiger partial charge in [-0.1, -0.05) is 85.3 Å². The van der Waals surface area contributed by atoms with E-state index in [1.165, 1.54) is 41.3 Å². The summed E-state index contributed by atoms with van der Waals surface area (Å²) in [4.78, 5) is 40.2. The smallest absolute Gasteiger partial charge is 0.269 e. The lowest BCUT2D eigenvalue weighted by Gasteiger charge is -2.34. The van der Waals surface area contributed by atoms with E-state index >= 15 is 0 Å². The number of non-ortho nitro benzene ring substituents is 1. The number of nitro groups is 1. The molecule has 0 spiro atoms. The van der Waals surface area contributed by atoms with E-state index in [4.69, 9.17) is 0 Å². The molecule has 0 aliphatic rings. The first kappa shape index (κ1) is 32.9. The Bertz CT molecular complexity index is 1710. The second-order valence-corrected chi connectivity index (χ2v) is 12.5. The zero-order chi connectivity index (χ0) is 32.4. The summed E-state index contributed by atoms with van der Waals surface area (Å²) in [5.74, 6) is -0.962. The van der Waals surface area contributed by atoms with Crippen molar-refractivity contribution in [1.29, 1.82) is 0 Å². The van der Waals surface area contributed by atoms with Crippen LogP contribution < -0.4 is 9.62 Å². The van der Waals surface area contributed by atoms with Crippen molar-refractivity contribution in [3.63, 3.8) is 0 Å². The monoisotopic (exact) mass is 628 g/mol. The highest BCUT2D eigenvalue weighted by Gasteiger charge is 2.34. The van der Waals surface area contributed by atoms with Crippen LogP contribution >= 0.6 is 0 Å². The Morgan fingerprint density at radius 3 is 2.09 bits per heavy atom. The fourth-order valence-electron chi connectivity index (χ4n) is 4.92. The summed E-state index contributed by atoms with van der Waals surface area (Å²) < 4.78 is 28.9. The summed E-state index contributed by atoms with van der Waals surface area (Å²) in [6.45, 7) is 3.67. The third kappa shape index (κ3) is 8.54. The van der Waals surface area contributed by atoms with E-state index < -0.39 is 33.4 Å². The first-order valence-electron chi connectivity index (χ1n) is 14.6. The molecule has 11 heteroatoms. The van der Waals surface area contributed by atoms with Crippen molar-refractivity contribution in [3.8, 4) is 0 Å². The zero-order valence-electron chi connectivity index (χ0n) is 25.2. The fourth-order valence-corrected chi connectivity index (χ4v) is 6.35. The molecule has 0 aliphatic carbocycles. The van der Waals surface area contributed by atoms with Crippen LogP contribution in [0.5, 0.6) is 0 Å². The number of carbonyl (C=O) groups excluding carboxylic acids is 2. The van der Waals surface area contributed by atoms with Crippen LogP contribution in [0, 0.1) is 17.0 Å². The van der Waals surface area contributed by atoms with Gasteiger partial charge in [0.05, 0.1) is 15.5 Å². The number of aryl methyl sites for hydroxylation is 1. The number of nitrogens with zero attached hydrogens (tertiary/aromatic N) is 3. The minimum atomic E-state index is -4.30. The van der Waals surface area contributed by atoms with Gasteiger partial charge in [0.15, 0.2) is 0 Å². The van der Waals surface area contributed by atoms with E-state index in [9.17, 15) is 28.1 Å². The number of sulfonamides is 1. The normalized spacial score (nSPS) is 11.8. The highest BCUT2D eigenvalue weighted by atomic mass is 32.2. The molecule has 0 saturated heterocycles. The van der Waals surface area contributed by atoms with Gasteiger partial charge in [0.2, 0.25) is 11.8 Å². The molecular formula is C34H36N4O6S. The average Bonchev–Trinajstić information content (AvgIpc) is 3.05. The van der Waals surface area contributed by atoms with E-state index in [1.54, 1.807) is 18.2 Å². The van der Waals surface area contributed by atoms with Gasteiger partial charge in [-0.3, -0.25) is 24.0 Å². The van der Waals surface area contributed by atoms with Crippen LogP contribution in [0.1, 0.15) is 30.0 Å². The number of amides is 2. The van der Waals surface area contributed by atoms with Crippen molar-refractivity contribution in [3.05, 3.63) is 136 Å². The second kappa shape index (κ2) is 15.1. The van der Waals surface area contributed by atoms with Crippen molar-refractivity contribution in [2.75, 3.05) is 17.4 Å². The molecule has 0 aromatic heterocycles. The summed E-state index contributed by atoms with van der Waals surface area (Å²) >= 11 is 0. The van der Waals surface area contributed by atoms with E-state index in [-0.39, 0.29) is 35.1 Å². The Balaban J connectivity index is 1.80. The maximum atomic E-state index is 14.4. The molecule has 0 bridgehead atoms. The molecule has 4 rings (SSSR count). The quantitative estimate of drug-likeness (QED) is 0.150. The van der Waals surface area contributed by atoms with E-state index in [0.717, 1.165) is 21.0 Å². The van der Waals surface area contributed by atoms with E-state index in [0.29, 0.717) is 13.0 Å². The molecular weight excluding hydrogens is 592 g/mol. The second-order valence-electron chi connectivity index (χ2n) is 10.6. The minimum Gasteiger partial charge on any atom is -0.354 e. The first-order valence-corrected chi connectivity index (χ1v) is 16.0. The van der Waals surface area contributed by atoms with Crippen molar-refractivity contribution in [1.82, 2.24) is 10.2 Å². The summed E-state index contributed by atoms with van der Waals surface area (Å²) in [6.07, 6.45) is 0.899. The van der Waals surface area contributed by atoms with Gasteiger partial charge < -0.3 is 10.2 Å². The highest BCUT2D eigenvalue weighted by molar-refractivity contribution is 7.92. The van der Waals surface area contributed by atoms with Crippen molar-refractivity contribution in [2.24, 2.45) is 0 Å². The molecule has 2 amide bonds. The Hall–Kier alpha value is -5.03.